The Bertz CT molecular complexity index is 482. The van der Waals surface area contributed by atoms with Gasteiger partial charge >= 0.3 is 0 Å². The van der Waals surface area contributed by atoms with Crippen LogP contribution in [-0.4, -0.2) is 25.2 Å². The highest BCUT2D eigenvalue weighted by molar-refractivity contribution is 6.33. The molecular weight excluding hydrogens is 280 g/mol. The Kier molecular flexibility index (Phi) is 4.75. The van der Waals surface area contributed by atoms with Gasteiger partial charge in [0.05, 0.1) is 10.7 Å². The van der Waals surface area contributed by atoms with Crippen LogP contribution in [0, 0.1) is 12.8 Å². The number of piperazine rings is 1. The average molecular weight is 307 g/mol. The molecule has 2 atom stereocenters. The number of nitrogens with zero attached hydrogens (tertiary/aromatic N) is 1. The van der Waals surface area contributed by atoms with Crippen LogP contribution in [0.4, 0.5) is 5.69 Å². The molecule has 1 saturated heterocycles. The Morgan fingerprint density at radius 1 is 1.19 bits per heavy atom. The molecule has 1 saturated carbocycles. The van der Waals surface area contributed by atoms with E-state index in [4.69, 9.17) is 11.6 Å². The molecule has 0 amide bonds. The number of halogens is 1. The average Bonchev–Trinajstić information content (AvgIpc) is 2.51. The second-order valence-electron chi connectivity index (χ2n) is 6.87. The van der Waals surface area contributed by atoms with Crippen molar-refractivity contribution in [1.29, 1.82) is 0 Å². The first-order chi connectivity index (χ1) is 10.1. The minimum Gasteiger partial charge on any atom is -0.365 e. The molecule has 1 aliphatic carbocycles. The van der Waals surface area contributed by atoms with Crippen molar-refractivity contribution in [3.05, 3.63) is 28.8 Å². The van der Waals surface area contributed by atoms with Gasteiger partial charge in [0.15, 0.2) is 0 Å². The van der Waals surface area contributed by atoms with Crippen molar-refractivity contribution in [2.45, 2.75) is 58.0 Å². The highest BCUT2D eigenvalue weighted by Gasteiger charge is 2.31. The van der Waals surface area contributed by atoms with Crippen molar-refractivity contribution in [3.8, 4) is 0 Å². The summed E-state index contributed by atoms with van der Waals surface area (Å²) in [6.45, 7) is 6.59. The van der Waals surface area contributed by atoms with E-state index in [1.165, 1.54) is 43.4 Å². The first-order valence-corrected chi connectivity index (χ1v) is 8.79. The van der Waals surface area contributed by atoms with E-state index in [0.29, 0.717) is 12.1 Å². The van der Waals surface area contributed by atoms with E-state index in [1.54, 1.807) is 0 Å². The van der Waals surface area contributed by atoms with E-state index < -0.39 is 0 Å². The van der Waals surface area contributed by atoms with E-state index in [2.05, 4.69) is 36.2 Å². The minimum atomic E-state index is 0.504. The zero-order chi connectivity index (χ0) is 14.8. The molecular formula is C18H27ClN2. The largest absolute Gasteiger partial charge is 0.365 e. The van der Waals surface area contributed by atoms with Crippen molar-refractivity contribution in [1.82, 2.24) is 5.32 Å². The summed E-state index contributed by atoms with van der Waals surface area (Å²) in [5.74, 6) is 0.845. The summed E-state index contributed by atoms with van der Waals surface area (Å²) in [7, 11) is 0. The molecule has 3 rings (SSSR count). The fourth-order valence-electron chi connectivity index (χ4n) is 3.92. The zero-order valence-corrected chi connectivity index (χ0v) is 14.0. The zero-order valence-electron chi connectivity index (χ0n) is 13.2. The molecule has 1 aromatic carbocycles. The third kappa shape index (κ3) is 3.37. The lowest BCUT2D eigenvalue weighted by atomic mass is 9.82. The molecule has 2 nitrogen and oxygen atoms in total. The van der Waals surface area contributed by atoms with Crippen LogP contribution in [0.25, 0.3) is 0 Å². The molecule has 116 valence electrons. The molecule has 2 aliphatic rings. The van der Waals surface area contributed by atoms with E-state index in [1.807, 2.05) is 6.07 Å². The third-order valence-corrected chi connectivity index (χ3v) is 5.55. The van der Waals surface area contributed by atoms with E-state index in [0.717, 1.165) is 24.0 Å². The minimum absolute atomic E-state index is 0.504. The standard InChI is InChI=1S/C18H27ClN2/c1-13-8-9-16(19)18(10-13)21-12-17(20-11-14(21)2)15-6-4-3-5-7-15/h8-10,14-15,17,20H,3-7,11-12H2,1-2H3. The Morgan fingerprint density at radius 3 is 2.71 bits per heavy atom. The van der Waals surface area contributed by atoms with Crippen LogP contribution in [0.5, 0.6) is 0 Å². The van der Waals surface area contributed by atoms with Crippen molar-refractivity contribution in [2.75, 3.05) is 18.0 Å². The third-order valence-electron chi connectivity index (χ3n) is 5.23. The van der Waals surface area contributed by atoms with Gasteiger partial charge in [-0.25, -0.2) is 0 Å². The predicted molar refractivity (Wildman–Crippen MR) is 91.4 cm³/mol. The Balaban J connectivity index is 1.78. The van der Waals surface area contributed by atoms with Crippen LogP contribution in [0.1, 0.15) is 44.6 Å². The van der Waals surface area contributed by atoms with Crippen LogP contribution in [0.15, 0.2) is 18.2 Å². The lowest BCUT2D eigenvalue weighted by molar-refractivity contribution is 0.245. The van der Waals surface area contributed by atoms with Gasteiger partial charge < -0.3 is 10.2 Å². The second kappa shape index (κ2) is 6.58. The first-order valence-electron chi connectivity index (χ1n) is 8.41. The van der Waals surface area contributed by atoms with Gasteiger partial charge in [0, 0.05) is 25.2 Å². The van der Waals surface area contributed by atoms with E-state index >= 15 is 0 Å². The van der Waals surface area contributed by atoms with Gasteiger partial charge in [0.25, 0.3) is 0 Å². The lowest BCUT2D eigenvalue weighted by Gasteiger charge is -2.44. The van der Waals surface area contributed by atoms with Gasteiger partial charge in [-0.1, -0.05) is 36.9 Å². The molecule has 0 bridgehead atoms. The van der Waals surface area contributed by atoms with E-state index in [-0.39, 0.29) is 0 Å². The molecule has 21 heavy (non-hydrogen) atoms. The quantitative estimate of drug-likeness (QED) is 0.871. The van der Waals surface area contributed by atoms with Crippen molar-refractivity contribution < 1.29 is 0 Å². The summed E-state index contributed by atoms with van der Waals surface area (Å²) in [5, 5.41) is 4.67. The maximum absolute atomic E-state index is 6.47. The molecule has 0 radical (unpaired) electrons. The van der Waals surface area contributed by atoms with Gasteiger partial charge in [-0.2, -0.15) is 0 Å². The molecule has 1 N–H and O–H groups in total. The van der Waals surface area contributed by atoms with Crippen LogP contribution >= 0.6 is 11.6 Å². The Hall–Kier alpha value is -0.730. The van der Waals surface area contributed by atoms with Crippen LogP contribution < -0.4 is 10.2 Å². The van der Waals surface area contributed by atoms with Gasteiger partial charge in [0.2, 0.25) is 0 Å². The first kappa shape index (κ1) is 15.2. The topological polar surface area (TPSA) is 15.3 Å². The monoisotopic (exact) mass is 306 g/mol. The summed E-state index contributed by atoms with van der Waals surface area (Å²) in [6.07, 6.45) is 7.02. The molecule has 1 aromatic rings. The Labute approximate surface area is 133 Å². The van der Waals surface area contributed by atoms with Gasteiger partial charge in [-0.15, -0.1) is 0 Å². The molecule has 0 spiro atoms. The fraction of sp³-hybridized carbons (Fsp3) is 0.667. The number of benzene rings is 1. The molecule has 3 heteroatoms. The maximum Gasteiger partial charge on any atom is 0.0639 e. The highest BCUT2D eigenvalue weighted by Crippen LogP contribution is 2.33. The van der Waals surface area contributed by atoms with Crippen LogP contribution in [0.2, 0.25) is 5.02 Å². The van der Waals surface area contributed by atoms with Crippen LogP contribution in [0.3, 0.4) is 0 Å². The molecule has 2 fully saturated rings. The number of hydrogen-bond donors (Lipinski definition) is 1. The normalized spacial score (nSPS) is 27.9. The summed E-state index contributed by atoms with van der Waals surface area (Å²) < 4.78 is 0. The van der Waals surface area contributed by atoms with Crippen molar-refractivity contribution in [3.63, 3.8) is 0 Å². The number of aryl methyl sites for hydroxylation is 1. The van der Waals surface area contributed by atoms with Crippen LogP contribution in [-0.2, 0) is 0 Å². The summed E-state index contributed by atoms with van der Waals surface area (Å²) in [4.78, 5) is 2.52. The summed E-state index contributed by atoms with van der Waals surface area (Å²) in [5.41, 5.74) is 2.50. The SMILES string of the molecule is Cc1ccc(Cl)c(N2CC(C3CCCCC3)NCC2C)c1. The van der Waals surface area contributed by atoms with Gasteiger partial charge in [-0.3, -0.25) is 0 Å². The molecule has 1 aliphatic heterocycles. The fourth-order valence-corrected chi connectivity index (χ4v) is 4.15. The molecule has 1 heterocycles. The molecule has 0 aromatic heterocycles. The second-order valence-corrected chi connectivity index (χ2v) is 7.28. The maximum atomic E-state index is 6.47. The molecule has 2 unspecified atom stereocenters. The smallest absolute Gasteiger partial charge is 0.0639 e. The summed E-state index contributed by atoms with van der Waals surface area (Å²) in [6, 6.07) is 7.50. The Morgan fingerprint density at radius 2 is 1.95 bits per heavy atom. The highest BCUT2D eigenvalue weighted by atomic mass is 35.5. The number of nitrogens with one attached hydrogen (secondary N) is 1. The number of rotatable bonds is 2. The van der Waals surface area contributed by atoms with Gasteiger partial charge in [-0.05, 0) is 50.3 Å². The number of anilines is 1. The predicted octanol–water partition coefficient (Wildman–Crippen LogP) is 4.40. The van der Waals surface area contributed by atoms with E-state index in [9.17, 15) is 0 Å². The van der Waals surface area contributed by atoms with Crippen molar-refractivity contribution in [2.24, 2.45) is 5.92 Å². The van der Waals surface area contributed by atoms with Crippen molar-refractivity contribution >= 4 is 17.3 Å². The van der Waals surface area contributed by atoms with Gasteiger partial charge in [0.1, 0.15) is 0 Å². The lowest BCUT2D eigenvalue weighted by Crippen LogP contribution is -2.58. The summed E-state index contributed by atoms with van der Waals surface area (Å²) >= 11 is 6.47. The number of hydrogen-bond acceptors (Lipinski definition) is 2.